The van der Waals surface area contributed by atoms with E-state index < -0.39 is 11.4 Å². The number of carboxylic acids is 1. The SMILES string of the molecule is Cc1cc(F)ccc1NCC(C)(C)C(=O)O. The molecule has 0 atom stereocenters. The Balaban J connectivity index is 2.72. The topological polar surface area (TPSA) is 49.3 Å². The van der Waals surface area contributed by atoms with Crippen LogP contribution in [0.1, 0.15) is 19.4 Å². The zero-order valence-corrected chi connectivity index (χ0v) is 9.67. The molecule has 1 rings (SSSR count). The minimum absolute atomic E-state index is 0.291. The van der Waals surface area contributed by atoms with Crippen LogP contribution in [0.25, 0.3) is 0 Å². The van der Waals surface area contributed by atoms with E-state index in [4.69, 9.17) is 5.11 Å². The molecule has 2 N–H and O–H groups in total. The minimum Gasteiger partial charge on any atom is -0.481 e. The molecule has 0 saturated heterocycles. The maximum absolute atomic E-state index is 12.8. The molecule has 16 heavy (non-hydrogen) atoms. The lowest BCUT2D eigenvalue weighted by molar-refractivity contribution is -0.146. The highest BCUT2D eigenvalue weighted by Gasteiger charge is 2.26. The molecule has 0 heterocycles. The maximum Gasteiger partial charge on any atom is 0.310 e. The van der Waals surface area contributed by atoms with Crippen molar-refractivity contribution in [3.8, 4) is 0 Å². The largest absolute Gasteiger partial charge is 0.481 e. The third kappa shape index (κ3) is 2.95. The summed E-state index contributed by atoms with van der Waals surface area (Å²) in [6.07, 6.45) is 0. The van der Waals surface area contributed by atoms with Crippen molar-refractivity contribution in [3.63, 3.8) is 0 Å². The van der Waals surface area contributed by atoms with Crippen molar-refractivity contribution in [1.29, 1.82) is 0 Å². The number of carbonyl (C=O) groups is 1. The predicted molar refractivity (Wildman–Crippen MR) is 61.0 cm³/mol. The van der Waals surface area contributed by atoms with Gasteiger partial charge < -0.3 is 10.4 Å². The van der Waals surface area contributed by atoms with E-state index in [1.54, 1.807) is 26.8 Å². The van der Waals surface area contributed by atoms with Gasteiger partial charge in [-0.2, -0.15) is 0 Å². The first-order chi connectivity index (χ1) is 7.33. The Kier molecular flexibility index (Phi) is 3.52. The first-order valence-electron chi connectivity index (χ1n) is 5.06. The highest BCUT2D eigenvalue weighted by molar-refractivity contribution is 5.74. The quantitative estimate of drug-likeness (QED) is 0.828. The number of anilines is 1. The third-order valence-corrected chi connectivity index (χ3v) is 2.49. The van der Waals surface area contributed by atoms with Crippen molar-refractivity contribution in [3.05, 3.63) is 29.6 Å². The van der Waals surface area contributed by atoms with E-state index in [1.165, 1.54) is 12.1 Å². The van der Waals surface area contributed by atoms with E-state index in [2.05, 4.69) is 5.32 Å². The van der Waals surface area contributed by atoms with E-state index in [9.17, 15) is 9.18 Å². The summed E-state index contributed by atoms with van der Waals surface area (Å²) in [5.74, 6) is -1.15. The number of carboxylic acid groups (broad SMARTS) is 1. The summed E-state index contributed by atoms with van der Waals surface area (Å²) >= 11 is 0. The van der Waals surface area contributed by atoms with Crippen molar-refractivity contribution in [2.75, 3.05) is 11.9 Å². The Bertz CT molecular complexity index is 402. The zero-order chi connectivity index (χ0) is 12.3. The molecule has 4 heteroatoms. The van der Waals surface area contributed by atoms with Gasteiger partial charge >= 0.3 is 5.97 Å². The second-order valence-corrected chi connectivity index (χ2v) is 4.50. The van der Waals surface area contributed by atoms with Gasteiger partial charge in [-0.3, -0.25) is 4.79 Å². The Morgan fingerprint density at radius 1 is 1.50 bits per heavy atom. The number of hydrogen-bond acceptors (Lipinski definition) is 2. The minimum atomic E-state index is -0.861. The van der Waals surface area contributed by atoms with Crippen molar-refractivity contribution >= 4 is 11.7 Å². The van der Waals surface area contributed by atoms with Gasteiger partial charge in [0.2, 0.25) is 0 Å². The second kappa shape index (κ2) is 4.51. The number of rotatable bonds is 4. The van der Waals surface area contributed by atoms with Crippen LogP contribution in [0.5, 0.6) is 0 Å². The Hall–Kier alpha value is -1.58. The van der Waals surface area contributed by atoms with Crippen LogP contribution in [0.2, 0.25) is 0 Å². The van der Waals surface area contributed by atoms with Gasteiger partial charge in [0, 0.05) is 12.2 Å². The molecule has 88 valence electrons. The summed E-state index contributed by atoms with van der Waals surface area (Å²) in [5.41, 5.74) is 0.679. The molecule has 1 aromatic carbocycles. The van der Waals surface area contributed by atoms with Gasteiger partial charge in [-0.05, 0) is 44.5 Å². The predicted octanol–water partition coefficient (Wildman–Crippen LogP) is 2.66. The van der Waals surface area contributed by atoms with Gasteiger partial charge in [0.1, 0.15) is 5.82 Å². The number of nitrogens with one attached hydrogen (secondary N) is 1. The first kappa shape index (κ1) is 12.5. The maximum atomic E-state index is 12.8. The van der Waals surface area contributed by atoms with E-state index >= 15 is 0 Å². The molecule has 0 bridgehead atoms. The first-order valence-corrected chi connectivity index (χ1v) is 5.06. The number of benzene rings is 1. The van der Waals surface area contributed by atoms with Gasteiger partial charge in [0.05, 0.1) is 5.41 Å². The number of aryl methyl sites for hydroxylation is 1. The highest BCUT2D eigenvalue weighted by Crippen LogP contribution is 2.20. The van der Waals surface area contributed by atoms with Crippen LogP contribution in [-0.2, 0) is 4.79 Å². The van der Waals surface area contributed by atoms with E-state index in [0.29, 0.717) is 6.54 Å². The molecule has 1 aromatic rings. The van der Waals surface area contributed by atoms with Crippen LogP contribution in [0, 0.1) is 18.2 Å². The molecule has 3 nitrogen and oxygen atoms in total. The molecule has 0 aliphatic carbocycles. The van der Waals surface area contributed by atoms with Gasteiger partial charge in [0.25, 0.3) is 0 Å². The van der Waals surface area contributed by atoms with Gasteiger partial charge in [-0.1, -0.05) is 0 Å². The highest BCUT2D eigenvalue weighted by atomic mass is 19.1. The van der Waals surface area contributed by atoms with Crippen molar-refractivity contribution < 1.29 is 14.3 Å². The van der Waals surface area contributed by atoms with Gasteiger partial charge in [-0.15, -0.1) is 0 Å². The Morgan fingerprint density at radius 3 is 2.62 bits per heavy atom. The van der Waals surface area contributed by atoms with Crippen molar-refractivity contribution in [2.24, 2.45) is 5.41 Å². The molecule has 0 aromatic heterocycles. The third-order valence-electron chi connectivity index (χ3n) is 2.49. The lowest BCUT2D eigenvalue weighted by Gasteiger charge is -2.21. The van der Waals surface area contributed by atoms with Crippen LogP contribution >= 0.6 is 0 Å². The Morgan fingerprint density at radius 2 is 2.12 bits per heavy atom. The second-order valence-electron chi connectivity index (χ2n) is 4.50. The molecule has 0 fully saturated rings. The smallest absolute Gasteiger partial charge is 0.310 e. The molecule has 0 aliphatic heterocycles. The summed E-state index contributed by atoms with van der Waals surface area (Å²) in [6.45, 7) is 5.36. The van der Waals surface area contributed by atoms with Gasteiger partial charge in [0.15, 0.2) is 0 Å². The molecular formula is C12H16FNO2. The molecule has 0 amide bonds. The van der Waals surface area contributed by atoms with Crippen molar-refractivity contribution in [1.82, 2.24) is 0 Å². The summed E-state index contributed by atoms with van der Waals surface area (Å²) in [6, 6.07) is 4.38. The Labute approximate surface area is 94.3 Å². The molecule has 0 spiro atoms. The number of aliphatic carboxylic acids is 1. The fraction of sp³-hybridized carbons (Fsp3) is 0.417. The average Bonchev–Trinajstić information content (AvgIpc) is 2.16. The average molecular weight is 225 g/mol. The van der Waals surface area contributed by atoms with E-state index in [1.807, 2.05) is 0 Å². The van der Waals surface area contributed by atoms with Gasteiger partial charge in [-0.25, -0.2) is 4.39 Å². The summed E-state index contributed by atoms with van der Waals surface area (Å²) < 4.78 is 12.8. The molecule has 0 saturated carbocycles. The fourth-order valence-electron chi connectivity index (χ4n) is 1.22. The van der Waals surface area contributed by atoms with Crippen LogP contribution in [0.3, 0.4) is 0 Å². The summed E-state index contributed by atoms with van der Waals surface area (Å²) in [7, 11) is 0. The number of hydrogen-bond donors (Lipinski definition) is 2. The standard InChI is InChI=1S/C12H16FNO2/c1-8-6-9(13)4-5-10(8)14-7-12(2,3)11(15)16/h4-6,14H,7H2,1-3H3,(H,15,16). The summed E-state index contributed by atoms with van der Waals surface area (Å²) in [5, 5.41) is 11.9. The normalized spacial score (nSPS) is 11.2. The zero-order valence-electron chi connectivity index (χ0n) is 9.67. The molecule has 0 aliphatic rings. The molecule has 0 radical (unpaired) electrons. The lowest BCUT2D eigenvalue weighted by atomic mass is 9.93. The van der Waals surface area contributed by atoms with E-state index in [0.717, 1.165) is 11.3 Å². The van der Waals surface area contributed by atoms with Crippen LogP contribution < -0.4 is 5.32 Å². The monoisotopic (exact) mass is 225 g/mol. The van der Waals surface area contributed by atoms with Crippen LogP contribution in [0.15, 0.2) is 18.2 Å². The number of halogens is 1. The summed E-state index contributed by atoms with van der Waals surface area (Å²) in [4.78, 5) is 10.9. The molecule has 0 unspecified atom stereocenters. The van der Waals surface area contributed by atoms with E-state index in [-0.39, 0.29) is 5.82 Å². The van der Waals surface area contributed by atoms with Crippen LogP contribution in [-0.4, -0.2) is 17.6 Å². The van der Waals surface area contributed by atoms with Crippen molar-refractivity contribution in [2.45, 2.75) is 20.8 Å². The fourth-order valence-corrected chi connectivity index (χ4v) is 1.22. The van der Waals surface area contributed by atoms with Crippen LogP contribution in [0.4, 0.5) is 10.1 Å². The lowest BCUT2D eigenvalue weighted by Crippen LogP contribution is -2.31. The molecular weight excluding hydrogens is 209 g/mol.